The Hall–Kier alpha value is -7.03. The number of hydrogen-bond donors (Lipinski definition) is 13. The molecular weight excluding hydrogens is 1340 g/mol. The van der Waals surface area contributed by atoms with Crippen LogP contribution in [0.4, 0.5) is 0 Å². The van der Waals surface area contributed by atoms with Crippen molar-refractivity contribution < 1.29 is 121 Å². The van der Waals surface area contributed by atoms with Crippen LogP contribution < -0.4 is 70.4 Å². The molecule has 11 amide bonds. The topological polar surface area (TPSA) is 518 Å². The summed E-state index contributed by atoms with van der Waals surface area (Å²) in [6.07, 6.45) is 0.451. The van der Waals surface area contributed by atoms with Gasteiger partial charge >= 0.3 is 20.1 Å². The van der Waals surface area contributed by atoms with Crippen molar-refractivity contribution in [3.63, 3.8) is 0 Å². The normalized spacial score (nSPS) is 15.9. The fraction of sp³-hybridized carbons (Fsp3) is 0.661. The Morgan fingerprint density at radius 2 is 0.935 bits per heavy atom. The number of ether oxygens (including phenoxy) is 8. The van der Waals surface area contributed by atoms with E-state index in [9.17, 15) is 57.5 Å². The number of aliphatic imine (C=N–C) groups is 1. The summed E-state index contributed by atoms with van der Waals surface area (Å²) in [5, 5.41) is 24.9. The number of amides is 11. The number of nitrogens with two attached hydrogens (primary N) is 3. The Bertz CT molecular complexity index is 2420. The standard InChI is InChI=1S/C56H92N14O20S.O.Tc/c1-39(71)91-38-51(78)65-36-49(76)64-35-48(75)63-34-47(74)61-15-17-84-19-21-86-23-25-88-27-29-90-31-30-89-28-26-87-24-22-85-20-18-83-16-12-46(73)60-13-6-5-10-42-53(80)70-43(32-40-8-3-2-4-9-40)54(81)68-41(11-7-14-62-56(58)59)52(79)66-37-50(77)67-44(33-45(57)72)55(82)69-42;;/h2-4,8-9,41-44H,5-7,10-38H2,1H3,(H2,57,72)(H,60,73)(H,61,74)(H,63,75)(H,64,76)(H,65,78)(H,66,79)(H,67,77)(H,68,81)(H,69,82)(H,70,80)(H4,58,59,62);;/q;-2;+5/t41-,42-,43-,44-;;/m0../s1/i;;1+1. The summed E-state index contributed by atoms with van der Waals surface area (Å²) in [5.41, 5.74) is 16.9. The van der Waals surface area contributed by atoms with Gasteiger partial charge in [-0.15, -0.1) is 0 Å². The zero-order valence-electron chi connectivity index (χ0n) is 52.4. The summed E-state index contributed by atoms with van der Waals surface area (Å²) in [6.45, 7) is 5.35. The predicted octanol–water partition coefficient (Wildman–Crippen LogP) is -6.34. The van der Waals surface area contributed by atoms with Crippen LogP contribution in [-0.2, 0) is 127 Å². The summed E-state index contributed by atoms with van der Waals surface area (Å²) < 4.78 is 43.8. The first-order chi connectivity index (χ1) is 43.8. The van der Waals surface area contributed by atoms with E-state index in [-0.39, 0.29) is 146 Å². The van der Waals surface area contributed by atoms with Crippen LogP contribution >= 0.6 is 11.8 Å². The van der Waals surface area contributed by atoms with Gasteiger partial charge in [-0.2, -0.15) is 0 Å². The van der Waals surface area contributed by atoms with Gasteiger partial charge in [-0.05, 0) is 37.7 Å². The van der Waals surface area contributed by atoms with Crippen molar-refractivity contribution in [1.82, 2.24) is 53.2 Å². The molecule has 1 aromatic carbocycles. The average Bonchev–Trinajstić information content (AvgIpc) is 1.84. The van der Waals surface area contributed by atoms with Gasteiger partial charge in [-0.3, -0.25) is 62.5 Å². The van der Waals surface area contributed by atoms with Crippen LogP contribution in [0.3, 0.4) is 0 Å². The average molecular weight is 1430 g/mol. The molecule has 0 bridgehead atoms. The second-order valence-corrected chi connectivity index (χ2v) is 20.9. The Balaban J connectivity index is 0.0000423. The van der Waals surface area contributed by atoms with Gasteiger partial charge in [0.15, 0.2) is 11.1 Å². The minimum Gasteiger partial charge on any atom is -2.00 e. The fourth-order valence-electron chi connectivity index (χ4n) is 7.66. The van der Waals surface area contributed by atoms with Gasteiger partial charge in [-0.1, -0.05) is 42.1 Å². The molecule has 1 aromatic rings. The van der Waals surface area contributed by atoms with Crippen LogP contribution in [0, 0.1) is 0 Å². The van der Waals surface area contributed by atoms with Crippen LogP contribution in [0.15, 0.2) is 35.3 Å². The van der Waals surface area contributed by atoms with Gasteiger partial charge in [0.1, 0.15) is 24.2 Å². The quantitative estimate of drug-likeness (QED) is 0.0164. The molecule has 1 aliphatic rings. The van der Waals surface area contributed by atoms with Gasteiger partial charge in [0, 0.05) is 39.4 Å². The molecule has 1 fully saturated rings. The first-order valence-corrected chi connectivity index (χ1v) is 30.8. The number of unbranched alkanes of at least 4 members (excludes halogenated alkanes) is 1. The smallest absolute Gasteiger partial charge is 2.00 e. The molecule has 35 nitrogen and oxygen atoms in total. The number of benzene rings is 1. The third-order valence-corrected chi connectivity index (χ3v) is 13.1. The molecule has 1 saturated heterocycles. The maximum Gasteiger partial charge on any atom is 5.00 e. The molecule has 37 heteroatoms. The summed E-state index contributed by atoms with van der Waals surface area (Å²) in [4.78, 5) is 154. The van der Waals surface area contributed by atoms with E-state index >= 15 is 0 Å². The molecule has 0 aromatic heterocycles. The maximum absolute atomic E-state index is 14.0. The molecule has 0 unspecified atom stereocenters. The predicted molar refractivity (Wildman–Crippen MR) is 328 cm³/mol. The molecule has 1 aliphatic heterocycles. The zero-order chi connectivity index (χ0) is 66.7. The van der Waals surface area contributed by atoms with E-state index in [2.05, 4.69) is 58.2 Å². The van der Waals surface area contributed by atoms with E-state index in [0.717, 1.165) is 11.8 Å². The Labute approximate surface area is 557 Å². The van der Waals surface area contributed by atoms with E-state index in [1.807, 2.05) is 0 Å². The van der Waals surface area contributed by atoms with Crippen molar-refractivity contribution in [1.29, 1.82) is 0 Å². The molecule has 0 radical (unpaired) electrons. The molecule has 93 heavy (non-hydrogen) atoms. The van der Waals surface area contributed by atoms with Gasteiger partial charge in [-0.25, -0.2) is 0 Å². The van der Waals surface area contributed by atoms with E-state index in [0.29, 0.717) is 97.7 Å². The monoisotopic (exact) mass is 1430 g/mol. The minimum absolute atomic E-state index is 0. The molecule has 0 spiro atoms. The van der Waals surface area contributed by atoms with E-state index in [1.54, 1.807) is 30.3 Å². The second kappa shape index (κ2) is 55.4. The minimum atomic E-state index is -1.51. The van der Waals surface area contributed by atoms with Crippen LogP contribution in [0.1, 0.15) is 57.4 Å². The van der Waals surface area contributed by atoms with Crippen molar-refractivity contribution in [2.45, 2.75) is 82.5 Å². The summed E-state index contributed by atoms with van der Waals surface area (Å²) >= 11 is 0.808. The van der Waals surface area contributed by atoms with Crippen molar-refractivity contribution >= 4 is 87.8 Å². The summed E-state index contributed by atoms with van der Waals surface area (Å²) in [7, 11) is 0. The van der Waals surface area contributed by atoms with E-state index in [1.165, 1.54) is 6.92 Å². The van der Waals surface area contributed by atoms with Crippen molar-refractivity contribution in [2.24, 2.45) is 22.2 Å². The van der Waals surface area contributed by atoms with Gasteiger partial charge in [0.2, 0.25) is 65.0 Å². The molecule has 4 atom stereocenters. The van der Waals surface area contributed by atoms with Crippen LogP contribution in [0.2, 0.25) is 0 Å². The van der Waals surface area contributed by atoms with Crippen molar-refractivity contribution in [3.05, 3.63) is 35.9 Å². The maximum atomic E-state index is 14.0. The molecule has 522 valence electrons. The van der Waals surface area contributed by atoms with E-state index in [4.69, 9.17) is 55.1 Å². The largest absolute Gasteiger partial charge is 5.00 e. The number of nitrogens with zero attached hydrogens (tertiary/aromatic N) is 1. The van der Waals surface area contributed by atoms with Gasteiger partial charge < -0.3 is 114 Å². The summed E-state index contributed by atoms with van der Waals surface area (Å²) in [6, 6.07) is 3.57. The number of nitrogens with one attached hydrogen (secondary N) is 10. The Kier molecular flexibility index (Phi) is 51.2. The number of rotatable bonds is 48. The van der Waals surface area contributed by atoms with Gasteiger partial charge in [0.05, 0.1) is 144 Å². The number of primary amides is 1. The van der Waals surface area contributed by atoms with Crippen molar-refractivity contribution in [3.8, 4) is 0 Å². The van der Waals surface area contributed by atoms with Crippen LogP contribution in [0.5, 0.6) is 0 Å². The zero-order valence-corrected chi connectivity index (χ0v) is 55.0. The third-order valence-electron chi connectivity index (χ3n) is 12.2. The molecule has 0 saturated carbocycles. The first kappa shape index (κ1) is 86.0. The van der Waals surface area contributed by atoms with E-state index < -0.39 is 96.2 Å². The number of thioether (sulfide) groups is 1. The Morgan fingerprint density at radius 1 is 0.505 bits per heavy atom. The first-order valence-electron chi connectivity index (χ1n) is 29.8. The summed E-state index contributed by atoms with van der Waals surface area (Å²) in [5.74, 6) is -7.59. The molecule has 16 N–H and O–H groups in total. The number of carbonyl (C=O) groups is 12. The molecule has 0 aliphatic carbocycles. The third kappa shape index (κ3) is 47.5. The second-order valence-electron chi connectivity index (χ2n) is 19.8. The van der Waals surface area contributed by atoms with Crippen molar-refractivity contribution in [2.75, 3.05) is 157 Å². The molecule has 1 heterocycles. The fourth-order valence-corrected chi connectivity index (χ4v) is 8.10. The SMILES string of the molecule is CC(=O)SCC(=O)NCC(=O)NCC(=O)NCC(=O)NCCOCCOCCOCCOCCOCCOCCOCCOCCC(=O)NCCCC[C@@H]1NC(=O)[C@H](CC(N)=O)NC(=O)CNC(=O)[C@H](CCCN=C(N)N)NC(=O)[C@H](Cc2ccccc2)NC1=O.[99Tc+5].[O-2]. The molecular formula is C56H92N14O21STc+3. The van der Waals surface area contributed by atoms with Crippen LogP contribution in [-0.4, -0.2) is 257 Å². The van der Waals surface area contributed by atoms with Crippen LogP contribution in [0.25, 0.3) is 0 Å². The number of carbonyl (C=O) groups excluding carboxylic acids is 12. The number of hydrogen-bond acceptors (Lipinski definition) is 22. The Morgan fingerprint density at radius 3 is 1.44 bits per heavy atom. The molecule has 2 rings (SSSR count). The van der Waals surface area contributed by atoms with Gasteiger partial charge in [0.25, 0.3) is 0 Å². The number of guanidine groups is 1.